The van der Waals surface area contributed by atoms with Crippen molar-refractivity contribution >= 4 is 29.0 Å². The number of aryl methyl sites for hydroxylation is 1. The third kappa shape index (κ3) is 4.67. The SMILES string of the molecule is C[C@@H](Cc1ccc(F)c(F)c1)C(=O)N[C@H]1N=C(c2ccc3c(c2)CCC3=O)c2ccccc2N(C)C1=O. The smallest absolute Gasteiger partial charge is 0.272 e. The summed E-state index contributed by atoms with van der Waals surface area (Å²) in [6, 6.07) is 16.4. The summed E-state index contributed by atoms with van der Waals surface area (Å²) in [5, 5.41) is 2.74. The maximum absolute atomic E-state index is 13.6. The Labute approximate surface area is 213 Å². The number of carbonyl (C=O) groups excluding carboxylic acids is 3. The maximum atomic E-state index is 13.6. The first-order valence-electron chi connectivity index (χ1n) is 12.1. The fourth-order valence-electron chi connectivity index (χ4n) is 4.84. The number of para-hydroxylation sites is 1. The van der Waals surface area contributed by atoms with Crippen molar-refractivity contribution < 1.29 is 23.2 Å². The zero-order valence-corrected chi connectivity index (χ0v) is 20.4. The first kappa shape index (κ1) is 24.5. The van der Waals surface area contributed by atoms with E-state index in [0.717, 1.165) is 28.8 Å². The van der Waals surface area contributed by atoms with Gasteiger partial charge < -0.3 is 10.2 Å². The molecule has 0 unspecified atom stereocenters. The first-order chi connectivity index (χ1) is 17.7. The molecule has 37 heavy (non-hydrogen) atoms. The van der Waals surface area contributed by atoms with Crippen LogP contribution in [0.2, 0.25) is 0 Å². The topological polar surface area (TPSA) is 78.8 Å². The van der Waals surface area contributed by atoms with Gasteiger partial charge in [-0.3, -0.25) is 14.4 Å². The van der Waals surface area contributed by atoms with Gasteiger partial charge in [-0.25, -0.2) is 13.8 Å². The van der Waals surface area contributed by atoms with Crippen LogP contribution in [0.25, 0.3) is 0 Å². The Bertz CT molecular complexity index is 1470. The molecule has 6 nitrogen and oxygen atoms in total. The zero-order valence-electron chi connectivity index (χ0n) is 20.4. The molecule has 0 saturated heterocycles. The molecule has 2 atom stereocenters. The monoisotopic (exact) mass is 501 g/mol. The van der Waals surface area contributed by atoms with Gasteiger partial charge in [0.25, 0.3) is 5.91 Å². The van der Waals surface area contributed by atoms with E-state index in [1.807, 2.05) is 36.4 Å². The lowest BCUT2D eigenvalue weighted by molar-refractivity contribution is -0.129. The predicted octanol–water partition coefficient (Wildman–Crippen LogP) is 4.23. The number of rotatable bonds is 5. The molecule has 0 fully saturated rings. The quantitative estimate of drug-likeness (QED) is 0.569. The highest BCUT2D eigenvalue weighted by atomic mass is 19.2. The molecule has 0 spiro atoms. The molecule has 0 bridgehead atoms. The number of carbonyl (C=O) groups is 3. The average molecular weight is 502 g/mol. The van der Waals surface area contributed by atoms with Crippen LogP contribution in [0.4, 0.5) is 14.5 Å². The minimum Gasteiger partial charge on any atom is -0.326 e. The molecule has 188 valence electrons. The van der Waals surface area contributed by atoms with Crippen LogP contribution >= 0.6 is 0 Å². The summed E-state index contributed by atoms with van der Waals surface area (Å²) >= 11 is 0. The van der Waals surface area contributed by atoms with Gasteiger partial charge in [0.2, 0.25) is 12.1 Å². The van der Waals surface area contributed by atoms with Crippen LogP contribution in [0, 0.1) is 17.6 Å². The fourth-order valence-corrected chi connectivity index (χ4v) is 4.84. The van der Waals surface area contributed by atoms with Crippen molar-refractivity contribution in [3.05, 3.63) is 100 Å². The number of benzene rings is 3. The lowest BCUT2D eigenvalue weighted by atomic mass is 9.97. The first-order valence-corrected chi connectivity index (χ1v) is 12.1. The Morgan fingerprint density at radius 1 is 1.03 bits per heavy atom. The third-order valence-electron chi connectivity index (χ3n) is 6.90. The summed E-state index contributed by atoms with van der Waals surface area (Å²) in [5.41, 5.74) is 4.77. The largest absolute Gasteiger partial charge is 0.326 e. The molecule has 1 aliphatic heterocycles. The zero-order chi connectivity index (χ0) is 26.3. The number of aliphatic imine (C=N–C) groups is 1. The summed E-state index contributed by atoms with van der Waals surface area (Å²) in [4.78, 5) is 44.8. The number of likely N-dealkylation sites (N-methyl/N-ethyl adjacent to an activating group) is 1. The van der Waals surface area contributed by atoms with E-state index >= 15 is 0 Å². The van der Waals surface area contributed by atoms with Crippen LogP contribution in [-0.2, 0) is 22.4 Å². The second kappa shape index (κ2) is 9.69. The second-order valence-electron chi connectivity index (χ2n) is 9.45. The normalized spacial score (nSPS) is 17.6. The van der Waals surface area contributed by atoms with E-state index in [1.165, 1.54) is 11.0 Å². The van der Waals surface area contributed by atoms with Gasteiger partial charge in [0, 0.05) is 36.1 Å². The van der Waals surface area contributed by atoms with Crippen LogP contribution in [0.3, 0.4) is 0 Å². The average Bonchev–Trinajstić information content (AvgIpc) is 3.23. The second-order valence-corrected chi connectivity index (χ2v) is 9.45. The molecule has 0 aromatic heterocycles. The van der Waals surface area contributed by atoms with Crippen LogP contribution in [-0.4, -0.2) is 36.5 Å². The van der Waals surface area contributed by atoms with Crippen LogP contribution in [0.1, 0.15) is 46.0 Å². The highest BCUT2D eigenvalue weighted by Gasteiger charge is 2.32. The van der Waals surface area contributed by atoms with Crippen molar-refractivity contribution in [2.75, 3.05) is 11.9 Å². The van der Waals surface area contributed by atoms with Gasteiger partial charge in [-0.1, -0.05) is 43.3 Å². The number of nitrogens with zero attached hydrogens (tertiary/aromatic N) is 2. The van der Waals surface area contributed by atoms with Gasteiger partial charge in [0.05, 0.1) is 11.4 Å². The van der Waals surface area contributed by atoms with Gasteiger partial charge in [0.1, 0.15) is 0 Å². The molecule has 1 N–H and O–H groups in total. The molecule has 1 aliphatic carbocycles. The number of nitrogens with one attached hydrogen (secondary N) is 1. The third-order valence-corrected chi connectivity index (χ3v) is 6.90. The molecule has 3 aromatic rings. The summed E-state index contributed by atoms with van der Waals surface area (Å²) in [6.45, 7) is 1.65. The number of halogens is 2. The molecule has 1 heterocycles. The summed E-state index contributed by atoms with van der Waals surface area (Å²) < 4.78 is 26.9. The summed E-state index contributed by atoms with van der Waals surface area (Å²) in [7, 11) is 1.63. The van der Waals surface area contributed by atoms with Gasteiger partial charge in [0.15, 0.2) is 17.4 Å². The maximum Gasteiger partial charge on any atom is 0.272 e. The summed E-state index contributed by atoms with van der Waals surface area (Å²) in [6.07, 6.45) is 0.0898. The minimum absolute atomic E-state index is 0.111. The minimum atomic E-state index is -1.19. The highest BCUT2D eigenvalue weighted by molar-refractivity contribution is 6.20. The van der Waals surface area contributed by atoms with Crippen molar-refractivity contribution in [1.82, 2.24) is 5.32 Å². The van der Waals surface area contributed by atoms with E-state index in [-0.39, 0.29) is 12.2 Å². The standard InChI is InChI=1S/C29H25F2N3O3/c1-16(13-17-7-11-22(30)23(31)14-17)28(36)33-27-29(37)34(2)24-6-4-3-5-21(24)26(32-27)19-8-10-20-18(15-19)9-12-25(20)35/h3-8,10-11,14-16,27H,9,12-13H2,1-2H3,(H,33,36)/t16-,27+/m0/s1. The number of benzodiazepines with no additional fused rings is 1. The van der Waals surface area contributed by atoms with E-state index in [2.05, 4.69) is 5.32 Å². The molecule has 8 heteroatoms. The molecular weight excluding hydrogens is 476 g/mol. The Hall–Kier alpha value is -4.20. The van der Waals surface area contributed by atoms with Crippen molar-refractivity contribution in [3.8, 4) is 0 Å². The summed E-state index contributed by atoms with van der Waals surface area (Å²) in [5.74, 6) is -3.30. The van der Waals surface area contributed by atoms with E-state index in [4.69, 9.17) is 4.99 Å². The van der Waals surface area contributed by atoms with E-state index in [1.54, 1.807) is 20.0 Å². The lowest BCUT2D eigenvalue weighted by Gasteiger charge is -2.22. The Kier molecular flexibility index (Phi) is 6.41. The Morgan fingerprint density at radius 2 is 1.81 bits per heavy atom. The Balaban J connectivity index is 1.47. The van der Waals surface area contributed by atoms with Crippen LogP contribution in [0.15, 0.2) is 65.7 Å². The number of anilines is 1. The molecule has 0 saturated carbocycles. The van der Waals surface area contributed by atoms with Gasteiger partial charge >= 0.3 is 0 Å². The molecule has 5 rings (SSSR count). The molecule has 2 aliphatic rings. The van der Waals surface area contributed by atoms with Crippen LogP contribution < -0.4 is 10.2 Å². The predicted molar refractivity (Wildman–Crippen MR) is 136 cm³/mol. The molecule has 0 radical (unpaired) electrons. The highest BCUT2D eigenvalue weighted by Crippen LogP contribution is 2.30. The molecular formula is C29H25F2N3O3. The van der Waals surface area contributed by atoms with Crippen molar-refractivity contribution in [1.29, 1.82) is 0 Å². The lowest BCUT2D eigenvalue weighted by Crippen LogP contribution is -2.47. The molecule has 3 aromatic carbocycles. The van der Waals surface area contributed by atoms with Crippen LogP contribution in [0.5, 0.6) is 0 Å². The number of hydrogen-bond donors (Lipinski definition) is 1. The van der Waals surface area contributed by atoms with Crippen molar-refractivity contribution in [2.24, 2.45) is 10.9 Å². The van der Waals surface area contributed by atoms with Crippen molar-refractivity contribution in [2.45, 2.75) is 32.4 Å². The number of hydrogen-bond acceptors (Lipinski definition) is 4. The van der Waals surface area contributed by atoms with Gasteiger partial charge in [-0.05, 0) is 48.2 Å². The van der Waals surface area contributed by atoms with Gasteiger partial charge in [-0.2, -0.15) is 0 Å². The van der Waals surface area contributed by atoms with E-state index in [9.17, 15) is 23.2 Å². The van der Waals surface area contributed by atoms with E-state index in [0.29, 0.717) is 35.4 Å². The van der Waals surface area contributed by atoms with Gasteiger partial charge in [-0.15, -0.1) is 0 Å². The number of fused-ring (bicyclic) bond motifs is 2. The molecule has 2 amide bonds. The van der Waals surface area contributed by atoms with E-state index < -0.39 is 35.5 Å². The van der Waals surface area contributed by atoms with Crippen molar-refractivity contribution in [3.63, 3.8) is 0 Å². The Morgan fingerprint density at radius 3 is 2.59 bits per heavy atom. The number of Topliss-reactive ketones (excluding diaryl/α,β-unsaturated/α-hetero) is 1. The number of ketones is 1. The fraction of sp³-hybridized carbons (Fsp3) is 0.241. The number of amides is 2.